The van der Waals surface area contributed by atoms with E-state index in [1.165, 1.54) is 0 Å². The van der Waals surface area contributed by atoms with Crippen molar-refractivity contribution >= 4 is 51.5 Å². The predicted octanol–water partition coefficient (Wildman–Crippen LogP) is 4.06. The molecule has 43 heavy (non-hydrogen) atoms. The minimum atomic E-state index is -0.969. The Balaban J connectivity index is 1.06. The summed E-state index contributed by atoms with van der Waals surface area (Å²) >= 11 is 0. The summed E-state index contributed by atoms with van der Waals surface area (Å²) in [6.45, 7) is 5.18. The standard InChI is InChI=1S/C32H35N7O4/c1-19(33)28(29-36-18-21-9-5-6-10-25(21)37-29)20(2)34-15-7-3-4-8-16-35-22-11-12-23-24(17-22)32(43)39(31(23)42)26-13-14-27(40)38-30(26)41/h5-6,9-12,17-18,26,33-35H,3-4,7-8,13-16H2,1-2H3,(H,38,40,41)/b28-20+,33-19?. The smallest absolute Gasteiger partial charge is 0.262 e. The van der Waals surface area contributed by atoms with Crippen molar-refractivity contribution in [1.82, 2.24) is 25.5 Å². The van der Waals surface area contributed by atoms with Crippen LogP contribution >= 0.6 is 0 Å². The molecular weight excluding hydrogens is 546 g/mol. The summed E-state index contributed by atoms with van der Waals surface area (Å²) in [4.78, 5) is 59.7. The number of aromatic nitrogens is 2. The Kier molecular flexibility index (Phi) is 8.89. The van der Waals surface area contributed by atoms with Crippen molar-refractivity contribution in [3.8, 4) is 0 Å². The van der Waals surface area contributed by atoms with E-state index in [9.17, 15) is 19.2 Å². The molecular formula is C32H35N7O4. The second-order valence-electron chi connectivity index (χ2n) is 10.9. The van der Waals surface area contributed by atoms with Crippen LogP contribution in [0, 0.1) is 5.41 Å². The molecule has 4 N–H and O–H groups in total. The zero-order valence-corrected chi connectivity index (χ0v) is 24.3. The Morgan fingerprint density at radius 3 is 2.49 bits per heavy atom. The number of nitrogens with zero attached hydrogens (tertiary/aromatic N) is 3. The van der Waals surface area contributed by atoms with Gasteiger partial charge in [-0.05, 0) is 57.4 Å². The lowest BCUT2D eigenvalue weighted by molar-refractivity contribution is -0.136. The summed E-state index contributed by atoms with van der Waals surface area (Å²) in [5, 5.41) is 18.2. The van der Waals surface area contributed by atoms with E-state index in [1.54, 1.807) is 31.3 Å². The molecule has 3 aromatic rings. The number of hydrogen-bond acceptors (Lipinski definition) is 9. The third-order valence-electron chi connectivity index (χ3n) is 7.73. The summed E-state index contributed by atoms with van der Waals surface area (Å²) in [5.41, 5.74) is 4.12. The number of anilines is 1. The number of unbranched alkanes of at least 4 members (excludes halogenated alkanes) is 3. The molecule has 1 atom stereocenters. The largest absolute Gasteiger partial charge is 0.388 e. The van der Waals surface area contributed by atoms with Crippen molar-refractivity contribution in [3.63, 3.8) is 0 Å². The number of piperidine rings is 1. The highest BCUT2D eigenvalue weighted by Gasteiger charge is 2.44. The van der Waals surface area contributed by atoms with Gasteiger partial charge in [0.25, 0.3) is 11.8 Å². The van der Waals surface area contributed by atoms with Gasteiger partial charge in [-0.1, -0.05) is 31.0 Å². The third-order valence-corrected chi connectivity index (χ3v) is 7.73. The van der Waals surface area contributed by atoms with Gasteiger partial charge < -0.3 is 16.0 Å². The van der Waals surface area contributed by atoms with Crippen LogP contribution in [0.1, 0.15) is 78.9 Å². The van der Waals surface area contributed by atoms with Gasteiger partial charge in [0.15, 0.2) is 5.82 Å². The maximum Gasteiger partial charge on any atom is 0.262 e. The zero-order valence-electron chi connectivity index (χ0n) is 24.3. The number of rotatable bonds is 12. The molecule has 2 aliphatic heterocycles. The number of carbonyl (C=O) groups excluding carboxylic acids is 4. The number of nitrogens with one attached hydrogen (secondary N) is 4. The van der Waals surface area contributed by atoms with Crippen LogP contribution in [0.3, 0.4) is 0 Å². The maximum absolute atomic E-state index is 13.0. The fourth-order valence-electron chi connectivity index (χ4n) is 5.49. The van der Waals surface area contributed by atoms with Crippen molar-refractivity contribution in [2.45, 2.75) is 58.4 Å². The molecule has 11 nitrogen and oxygen atoms in total. The first-order valence-corrected chi connectivity index (χ1v) is 14.6. The van der Waals surface area contributed by atoms with E-state index < -0.39 is 29.7 Å². The predicted molar refractivity (Wildman–Crippen MR) is 164 cm³/mol. The lowest BCUT2D eigenvalue weighted by Gasteiger charge is -2.27. The highest BCUT2D eigenvalue weighted by molar-refractivity contribution is 6.24. The second kappa shape index (κ2) is 12.9. The third kappa shape index (κ3) is 6.45. The number of hydrogen-bond donors (Lipinski definition) is 4. The summed E-state index contributed by atoms with van der Waals surface area (Å²) in [7, 11) is 0. The first kappa shape index (κ1) is 29.6. The lowest BCUT2D eigenvalue weighted by atomic mass is 10.0. The fourth-order valence-corrected chi connectivity index (χ4v) is 5.49. The molecule has 5 rings (SSSR count). The molecule has 2 aromatic carbocycles. The topological polar surface area (TPSA) is 157 Å². The monoisotopic (exact) mass is 581 g/mol. The molecule has 1 aromatic heterocycles. The summed E-state index contributed by atoms with van der Waals surface area (Å²) in [6.07, 6.45) is 5.93. The first-order chi connectivity index (χ1) is 20.7. The van der Waals surface area contributed by atoms with Gasteiger partial charge in [-0.15, -0.1) is 0 Å². The van der Waals surface area contributed by atoms with E-state index in [4.69, 9.17) is 5.41 Å². The van der Waals surface area contributed by atoms with Gasteiger partial charge in [0, 0.05) is 48.2 Å². The Morgan fingerprint density at radius 2 is 1.72 bits per heavy atom. The van der Waals surface area contributed by atoms with Crippen molar-refractivity contribution in [1.29, 1.82) is 5.41 Å². The van der Waals surface area contributed by atoms with Gasteiger partial charge in [-0.2, -0.15) is 0 Å². The minimum absolute atomic E-state index is 0.0910. The van der Waals surface area contributed by atoms with Crippen LogP contribution in [0.15, 0.2) is 54.4 Å². The number of benzene rings is 2. The number of imide groups is 2. The molecule has 0 saturated carbocycles. The summed E-state index contributed by atoms with van der Waals surface area (Å²) in [5.74, 6) is -1.49. The van der Waals surface area contributed by atoms with E-state index >= 15 is 0 Å². The lowest BCUT2D eigenvalue weighted by Crippen LogP contribution is -2.54. The van der Waals surface area contributed by atoms with E-state index in [0.29, 0.717) is 23.7 Å². The van der Waals surface area contributed by atoms with Crippen LogP contribution in [0.2, 0.25) is 0 Å². The molecule has 11 heteroatoms. The summed E-state index contributed by atoms with van der Waals surface area (Å²) in [6, 6.07) is 11.9. The number of amides is 4. The highest BCUT2D eigenvalue weighted by Crippen LogP contribution is 2.29. The van der Waals surface area contributed by atoms with Gasteiger partial charge >= 0.3 is 0 Å². The fraction of sp³-hybridized carbons (Fsp3) is 0.344. The molecule has 0 spiro atoms. The average molecular weight is 582 g/mol. The van der Waals surface area contributed by atoms with Crippen LogP contribution in [0.25, 0.3) is 16.5 Å². The average Bonchev–Trinajstić information content (AvgIpc) is 3.23. The van der Waals surface area contributed by atoms with Crippen molar-refractivity contribution in [2.75, 3.05) is 18.4 Å². The van der Waals surface area contributed by atoms with Crippen molar-refractivity contribution < 1.29 is 19.2 Å². The van der Waals surface area contributed by atoms with Crippen molar-refractivity contribution in [2.24, 2.45) is 0 Å². The Bertz CT molecular complexity index is 1650. The van der Waals surface area contributed by atoms with Crippen LogP contribution < -0.4 is 16.0 Å². The zero-order chi connectivity index (χ0) is 30.5. The number of fused-ring (bicyclic) bond motifs is 2. The van der Waals surface area contributed by atoms with Crippen LogP contribution in [-0.4, -0.2) is 63.3 Å². The van der Waals surface area contributed by atoms with Crippen LogP contribution in [-0.2, 0) is 9.59 Å². The quantitative estimate of drug-likeness (QED) is 0.142. The molecule has 4 amide bonds. The molecule has 3 heterocycles. The van der Waals surface area contributed by atoms with Crippen LogP contribution in [0.5, 0.6) is 0 Å². The number of para-hydroxylation sites is 1. The molecule has 0 aliphatic carbocycles. The molecule has 1 unspecified atom stereocenters. The SMILES string of the molecule is CC(=N)/C(=C(/C)NCCCCCCNc1ccc2c(c1)C(=O)N(C1CCC(=O)NC1=O)C2=O)c1ncc2ccccc2n1. The van der Waals surface area contributed by atoms with Gasteiger partial charge in [0.05, 0.1) is 22.2 Å². The molecule has 1 saturated heterocycles. The van der Waals surface area contributed by atoms with Crippen molar-refractivity contribution in [3.05, 3.63) is 71.3 Å². The van der Waals surface area contributed by atoms with E-state index in [-0.39, 0.29) is 24.0 Å². The number of allylic oxidation sites excluding steroid dienone is 2. The first-order valence-electron chi connectivity index (χ1n) is 14.6. The van der Waals surface area contributed by atoms with Gasteiger partial charge in [0.2, 0.25) is 11.8 Å². The van der Waals surface area contributed by atoms with Crippen LogP contribution in [0.4, 0.5) is 5.69 Å². The Morgan fingerprint density at radius 1 is 0.977 bits per heavy atom. The molecule has 222 valence electrons. The van der Waals surface area contributed by atoms with Gasteiger partial charge in [-0.25, -0.2) is 9.97 Å². The van der Waals surface area contributed by atoms with Gasteiger partial charge in [-0.3, -0.25) is 29.4 Å². The Hall–Kier alpha value is -4.93. The Labute approximate surface area is 249 Å². The summed E-state index contributed by atoms with van der Waals surface area (Å²) < 4.78 is 0. The molecule has 2 aliphatic rings. The molecule has 0 bridgehead atoms. The van der Waals surface area contributed by atoms with E-state index in [0.717, 1.165) is 59.4 Å². The molecule has 1 fully saturated rings. The maximum atomic E-state index is 13.0. The second-order valence-corrected chi connectivity index (χ2v) is 10.9. The minimum Gasteiger partial charge on any atom is -0.388 e. The van der Waals surface area contributed by atoms with E-state index in [2.05, 4.69) is 25.9 Å². The normalized spacial score (nSPS) is 17.1. The highest BCUT2D eigenvalue weighted by atomic mass is 16.2. The number of carbonyl (C=O) groups is 4. The van der Waals surface area contributed by atoms with E-state index in [1.807, 2.05) is 31.2 Å². The molecule has 0 radical (unpaired) electrons. The van der Waals surface area contributed by atoms with Gasteiger partial charge in [0.1, 0.15) is 6.04 Å².